The van der Waals surface area contributed by atoms with E-state index in [2.05, 4.69) is 47.9 Å². The van der Waals surface area contributed by atoms with Crippen molar-refractivity contribution in [1.29, 1.82) is 0 Å². The van der Waals surface area contributed by atoms with Crippen molar-refractivity contribution in [3.8, 4) is 34.5 Å². The van der Waals surface area contributed by atoms with Crippen LogP contribution in [0.2, 0.25) is 0 Å². The molecule has 0 aromatic heterocycles. The van der Waals surface area contributed by atoms with Crippen molar-refractivity contribution in [2.24, 2.45) is 0 Å². The van der Waals surface area contributed by atoms with E-state index in [0.717, 1.165) is 0 Å². The fraction of sp³-hybridized carbons (Fsp3) is 0.471. The minimum atomic E-state index is -1.23. The molecule has 4 rings (SSSR count). The first-order valence-corrected chi connectivity index (χ1v) is 24.0. The van der Waals surface area contributed by atoms with E-state index in [1.54, 1.807) is 18.2 Å². The van der Waals surface area contributed by atoms with Crippen LogP contribution in [0, 0.1) is 0 Å². The average molecular weight is 1050 g/mol. The highest BCUT2D eigenvalue weighted by Crippen LogP contribution is 2.26. The van der Waals surface area contributed by atoms with E-state index in [4.69, 9.17) is 28.4 Å². The van der Waals surface area contributed by atoms with Crippen molar-refractivity contribution in [3.63, 3.8) is 0 Å². The molecule has 1 aliphatic carbocycles. The van der Waals surface area contributed by atoms with Gasteiger partial charge in [0.2, 0.25) is 35.4 Å². The molecule has 24 heteroatoms. The summed E-state index contributed by atoms with van der Waals surface area (Å²) in [6.07, 6.45) is 0.119. The van der Waals surface area contributed by atoms with Gasteiger partial charge >= 0.3 is 0 Å². The number of hydrogen-bond acceptors (Lipinski definition) is 15. The third-order valence-electron chi connectivity index (χ3n) is 11.9. The summed E-state index contributed by atoms with van der Waals surface area (Å²) in [6.45, 7) is 3.91. The van der Waals surface area contributed by atoms with Crippen molar-refractivity contribution in [1.82, 2.24) is 47.9 Å². The van der Waals surface area contributed by atoms with Gasteiger partial charge in [-0.2, -0.15) is 0 Å². The van der Waals surface area contributed by atoms with Crippen LogP contribution in [-0.4, -0.2) is 152 Å². The molecule has 0 heterocycles. The second kappa shape index (κ2) is 29.4. The third-order valence-corrected chi connectivity index (χ3v) is 11.9. The second-order valence-electron chi connectivity index (χ2n) is 17.5. The summed E-state index contributed by atoms with van der Waals surface area (Å²) < 4.78 is 32.0. The lowest BCUT2D eigenvalue weighted by Crippen LogP contribution is -2.59. The fourth-order valence-electron chi connectivity index (χ4n) is 8.10. The summed E-state index contributed by atoms with van der Waals surface area (Å²) in [5.41, 5.74) is 0.342. The van der Waals surface area contributed by atoms with Crippen molar-refractivity contribution >= 4 is 53.2 Å². The Morgan fingerprint density at radius 2 is 0.600 bits per heavy atom. The van der Waals surface area contributed by atoms with Gasteiger partial charge in [-0.3, -0.25) is 43.2 Å². The Morgan fingerprint density at radius 1 is 0.387 bits per heavy atom. The van der Waals surface area contributed by atoms with Gasteiger partial charge in [0.1, 0.15) is 52.6 Å². The molecular weight excluding hydrogens is 979 g/mol. The molecule has 408 valence electrons. The molecule has 0 bridgehead atoms. The number of hydrogen-bond donors (Lipinski definition) is 9. The van der Waals surface area contributed by atoms with Crippen LogP contribution in [-0.2, 0) is 28.8 Å². The van der Waals surface area contributed by atoms with Crippen LogP contribution < -0.4 is 76.3 Å². The highest BCUT2D eigenvalue weighted by molar-refractivity contribution is 6.00. The standard InChI is InChI=1S/C51H69N9O15/c1-28(61)52-13-10-43(58-46(64)31-16-37(70-4)25-38(17-31)71-5)49(67)55-34-22-35(56-50(68)44(11-14-53-29(2)62)59-47(65)32-18-39(72-6)26-40(19-32)73-7)24-36(23-34)57-51(69)45(12-15-54-30(3)63)60-48(66)33-20-41(74-8)27-42(21-33)75-9/h16-21,25-27,34-36,43-45H,10-15,22-24H2,1-9H3,(H,52,61)(H,53,62)(H,54,63)(H,55,67)(H,56,68)(H,57,69)(H,58,64)(H,59,65)(H,60,66)/t34?,35?,36?,43-,44-,45-/m0/s1. The number of carbonyl (C=O) groups excluding carboxylic acids is 9. The third kappa shape index (κ3) is 19.2. The van der Waals surface area contributed by atoms with E-state index in [1.807, 2.05) is 0 Å². The zero-order valence-corrected chi connectivity index (χ0v) is 43.6. The van der Waals surface area contributed by atoms with Crippen LogP contribution in [0.1, 0.15) is 90.4 Å². The van der Waals surface area contributed by atoms with Gasteiger partial charge in [0.25, 0.3) is 17.7 Å². The van der Waals surface area contributed by atoms with Gasteiger partial charge in [-0.25, -0.2) is 0 Å². The van der Waals surface area contributed by atoms with Crippen LogP contribution in [0.3, 0.4) is 0 Å². The maximum atomic E-state index is 14.4. The number of rotatable bonds is 27. The van der Waals surface area contributed by atoms with Crippen molar-refractivity contribution in [2.45, 2.75) is 95.5 Å². The molecule has 0 aliphatic heterocycles. The maximum Gasteiger partial charge on any atom is 0.252 e. The molecule has 1 saturated carbocycles. The zero-order valence-electron chi connectivity index (χ0n) is 43.6. The summed E-state index contributed by atoms with van der Waals surface area (Å²) in [4.78, 5) is 120. The SMILES string of the molecule is COc1cc(OC)cc(C(=O)N[C@@H](CCNC(C)=O)C(=O)NC2CC(NC(=O)[C@H](CCNC(C)=O)NC(=O)c3cc(OC)cc(OC)c3)CC(NC(=O)[C@H](CCNC(C)=O)NC(=O)c3cc(OC)cc(OC)c3)C2)c1. The summed E-state index contributed by atoms with van der Waals surface area (Å²) in [5.74, 6) is -3.16. The van der Waals surface area contributed by atoms with Gasteiger partial charge in [-0.15, -0.1) is 0 Å². The molecule has 0 saturated heterocycles. The molecule has 0 radical (unpaired) electrons. The Kier molecular flexibility index (Phi) is 23.2. The van der Waals surface area contributed by atoms with E-state index in [-0.39, 0.29) is 92.6 Å². The molecule has 1 aliphatic rings. The number of methoxy groups -OCH3 is 6. The minimum absolute atomic E-state index is 0.000557. The summed E-state index contributed by atoms with van der Waals surface area (Å²) >= 11 is 0. The Hall–Kier alpha value is -8.31. The number of ether oxygens (including phenoxy) is 6. The predicted octanol–water partition coefficient (Wildman–Crippen LogP) is 0.651. The molecule has 75 heavy (non-hydrogen) atoms. The highest BCUT2D eigenvalue weighted by Gasteiger charge is 2.36. The molecule has 9 N–H and O–H groups in total. The quantitative estimate of drug-likeness (QED) is 0.0507. The predicted molar refractivity (Wildman–Crippen MR) is 272 cm³/mol. The normalized spacial score (nSPS) is 15.9. The first-order chi connectivity index (χ1) is 35.8. The van der Waals surface area contributed by atoms with Crippen LogP contribution in [0.25, 0.3) is 0 Å². The van der Waals surface area contributed by atoms with E-state index in [0.29, 0.717) is 34.5 Å². The largest absolute Gasteiger partial charge is 0.497 e. The van der Waals surface area contributed by atoms with E-state index in [1.165, 1.54) is 99.8 Å². The van der Waals surface area contributed by atoms with Gasteiger partial charge in [-0.1, -0.05) is 0 Å². The maximum absolute atomic E-state index is 14.4. The molecule has 3 atom stereocenters. The Labute approximate surface area is 435 Å². The van der Waals surface area contributed by atoms with Gasteiger partial charge in [-0.05, 0) is 74.9 Å². The Balaban J connectivity index is 1.68. The van der Waals surface area contributed by atoms with E-state index < -0.39 is 71.7 Å². The lowest BCUT2D eigenvalue weighted by molar-refractivity contribution is -0.126. The second-order valence-corrected chi connectivity index (χ2v) is 17.5. The zero-order chi connectivity index (χ0) is 55.2. The summed E-state index contributed by atoms with van der Waals surface area (Å²) in [6, 6.07) is 7.39. The summed E-state index contributed by atoms with van der Waals surface area (Å²) in [5, 5.41) is 25.0. The molecule has 3 aromatic carbocycles. The van der Waals surface area contributed by atoms with E-state index >= 15 is 0 Å². The Bertz CT molecular complexity index is 2180. The minimum Gasteiger partial charge on any atom is -0.497 e. The van der Waals surface area contributed by atoms with Gasteiger partial charge < -0.3 is 76.3 Å². The van der Waals surface area contributed by atoms with Gasteiger partial charge in [0.15, 0.2) is 0 Å². The fourth-order valence-corrected chi connectivity index (χ4v) is 8.10. The monoisotopic (exact) mass is 1050 g/mol. The average Bonchev–Trinajstić information content (AvgIpc) is 3.38. The first kappa shape index (κ1) is 59.3. The molecule has 0 spiro atoms. The molecule has 0 unspecified atom stereocenters. The molecule has 24 nitrogen and oxygen atoms in total. The highest BCUT2D eigenvalue weighted by atomic mass is 16.5. The molecule has 3 aromatic rings. The van der Waals surface area contributed by atoms with Crippen molar-refractivity contribution in [2.75, 3.05) is 62.3 Å². The van der Waals surface area contributed by atoms with Crippen molar-refractivity contribution < 1.29 is 71.6 Å². The number of benzene rings is 3. The van der Waals surface area contributed by atoms with Crippen LogP contribution >= 0.6 is 0 Å². The van der Waals surface area contributed by atoms with Crippen LogP contribution in [0.15, 0.2) is 54.6 Å². The number of carbonyl (C=O) groups is 9. The lowest BCUT2D eigenvalue weighted by Gasteiger charge is -2.38. The molecule has 9 amide bonds. The topological polar surface area (TPSA) is 317 Å². The number of nitrogens with one attached hydrogen (secondary N) is 9. The van der Waals surface area contributed by atoms with Gasteiger partial charge in [0, 0.05) is 93.4 Å². The summed E-state index contributed by atoms with van der Waals surface area (Å²) in [7, 11) is 8.50. The number of amides is 9. The van der Waals surface area contributed by atoms with Gasteiger partial charge in [0.05, 0.1) is 42.7 Å². The lowest BCUT2D eigenvalue weighted by atomic mass is 9.86. The van der Waals surface area contributed by atoms with Crippen LogP contribution in [0.4, 0.5) is 0 Å². The van der Waals surface area contributed by atoms with E-state index in [9.17, 15) is 43.2 Å². The molecule has 1 fully saturated rings. The Morgan fingerprint density at radius 3 is 0.787 bits per heavy atom. The molecular formula is C51H69N9O15. The first-order valence-electron chi connectivity index (χ1n) is 24.0. The van der Waals surface area contributed by atoms with Crippen LogP contribution in [0.5, 0.6) is 34.5 Å². The smallest absolute Gasteiger partial charge is 0.252 e. The van der Waals surface area contributed by atoms with Crippen molar-refractivity contribution in [3.05, 3.63) is 71.3 Å².